The molecule has 3 aromatic rings. The highest BCUT2D eigenvalue weighted by molar-refractivity contribution is 6.42. The monoisotopic (exact) mass is 627 g/mol. The predicted molar refractivity (Wildman–Crippen MR) is 162 cm³/mol. The molecule has 0 radical (unpaired) electrons. The second-order valence-electron chi connectivity index (χ2n) is 11.6. The fourth-order valence-electron chi connectivity index (χ4n) is 6.85. The molecule has 43 heavy (non-hydrogen) atoms. The third-order valence-electron chi connectivity index (χ3n) is 9.26. The Hall–Kier alpha value is -3.04. The fraction of sp³-hybridized carbons (Fsp3) is 0.394. The minimum Gasteiger partial charge on any atom is -0.359 e. The molecular weight excluding hydrogens is 595 g/mol. The highest BCUT2D eigenvalue weighted by Crippen LogP contribution is 2.43. The number of carbonyl (C=O) groups excluding carboxylic acids is 2. The quantitative estimate of drug-likeness (QED) is 0.299. The maximum absolute atomic E-state index is 14.4. The third-order valence-corrected chi connectivity index (χ3v) is 10.0. The summed E-state index contributed by atoms with van der Waals surface area (Å²) in [7, 11) is 0. The van der Waals surface area contributed by atoms with Crippen molar-refractivity contribution in [1.29, 1.82) is 0 Å². The average Bonchev–Trinajstić information content (AvgIpc) is 3.46. The number of benzene rings is 3. The van der Waals surface area contributed by atoms with Gasteiger partial charge in [-0.2, -0.15) is 0 Å². The van der Waals surface area contributed by atoms with Crippen molar-refractivity contribution in [1.82, 2.24) is 9.80 Å². The number of anilines is 1. The van der Waals surface area contributed by atoms with Crippen LogP contribution in [-0.4, -0.2) is 60.9 Å². The number of piperidine rings is 1. The number of nitrogens with zero attached hydrogens (tertiary/aromatic N) is 3. The lowest BCUT2D eigenvalue weighted by atomic mass is 9.79. The first-order valence-corrected chi connectivity index (χ1v) is 15.4. The Morgan fingerprint density at radius 2 is 1.56 bits per heavy atom. The van der Waals surface area contributed by atoms with E-state index in [1.807, 2.05) is 47.4 Å². The molecule has 3 heterocycles. The van der Waals surface area contributed by atoms with E-state index in [9.17, 15) is 18.4 Å². The predicted octanol–water partition coefficient (Wildman–Crippen LogP) is 6.53. The normalized spacial score (nSPS) is 22.8. The van der Waals surface area contributed by atoms with Crippen LogP contribution < -0.4 is 4.90 Å². The number of rotatable bonds is 7. The van der Waals surface area contributed by atoms with Crippen LogP contribution in [-0.2, 0) is 25.5 Å². The second kappa shape index (κ2) is 12.2. The van der Waals surface area contributed by atoms with E-state index in [0.717, 1.165) is 23.7 Å². The van der Waals surface area contributed by atoms with Gasteiger partial charge in [0, 0.05) is 38.3 Å². The molecule has 3 saturated heterocycles. The molecule has 3 fully saturated rings. The van der Waals surface area contributed by atoms with Crippen molar-refractivity contribution in [2.45, 2.75) is 43.2 Å². The first kappa shape index (κ1) is 30.0. The van der Waals surface area contributed by atoms with Gasteiger partial charge in [0.05, 0.1) is 22.1 Å². The van der Waals surface area contributed by atoms with Crippen LogP contribution in [0.3, 0.4) is 0 Å². The summed E-state index contributed by atoms with van der Waals surface area (Å²) in [6.45, 7) is 2.80. The van der Waals surface area contributed by atoms with Gasteiger partial charge in [0.15, 0.2) is 11.6 Å². The molecule has 0 bridgehead atoms. The SMILES string of the molecule is O=C1COC(CCN2CCC(c3ccc(F)c(F)c3)(N3CCCC3=O)CC2)(c2ccc(Cl)c(Cl)c2)CN1c1ccccc1. The van der Waals surface area contributed by atoms with E-state index in [2.05, 4.69) is 4.90 Å². The van der Waals surface area contributed by atoms with E-state index >= 15 is 0 Å². The van der Waals surface area contributed by atoms with Gasteiger partial charge in [-0.05, 0) is 73.2 Å². The first-order valence-electron chi connectivity index (χ1n) is 14.6. The van der Waals surface area contributed by atoms with Gasteiger partial charge in [0.2, 0.25) is 5.91 Å². The summed E-state index contributed by atoms with van der Waals surface area (Å²) in [6.07, 6.45) is 2.99. The molecule has 2 amide bonds. The largest absolute Gasteiger partial charge is 0.359 e. The molecule has 0 saturated carbocycles. The van der Waals surface area contributed by atoms with Crippen molar-refractivity contribution in [2.24, 2.45) is 0 Å². The van der Waals surface area contributed by atoms with Crippen molar-refractivity contribution in [2.75, 3.05) is 44.2 Å². The van der Waals surface area contributed by atoms with Crippen LogP contribution >= 0.6 is 23.2 Å². The molecule has 0 spiro atoms. The van der Waals surface area contributed by atoms with Crippen LogP contribution in [0.15, 0.2) is 66.7 Å². The van der Waals surface area contributed by atoms with Crippen molar-refractivity contribution >= 4 is 40.7 Å². The maximum atomic E-state index is 14.4. The molecule has 6 rings (SSSR count). The summed E-state index contributed by atoms with van der Waals surface area (Å²) in [4.78, 5) is 31.9. The van der Waals surface area contributed by atoms with E-state index in [0.29, 0.717) is 74.0 Å². The van der Waals surface area contributed by atoms with Crippen LogP contribution in [0.4, 0.5) is 14.5 Å². The van der Waals surface area contributed by atoms with Gasteiger partial charge in [0.1, 0.15) is 12.2 Å². The van der Waals surface area contributed by atoms with Gasteiger partial charge < -0.3 is 19.4 Å². The fourth-order valence-corrected chi connectivity index (χ4v) is 7.14. The van der Waals surface area contributed by atoms with E-state index in [1.54, 1.807) is 17.0 Å². The Labute approximate surface area is 260 Å². The van der Waals surface area contributed by atoms with Crippen LogP contribution in [0, 0.1) is 11.6 Å². The molecule has 0 aromatic heterocycles. The number of carbonyl (C=O) groups is 2. The molecule has 10 heteroatoms. The number of ether oxygens (including phenoxy) is 1. The summed E-state index contributed by atoms with van der Waals surface area (Å²) >= 11 is 12.7. The lowest BCUT2D eigenvalue weighted by molar-refractivity contribution is -0.142. The van der Waals surface area contributed by atoms with Crippen LogP contribution in [0.5, 0.6) is 0 Å². The van der Waals surface area contributed by atoms with Gasteiger partial charge in [-0.15, -0.1) is 0 Å². The number of hydrogen-bond acceptors (Lipinski definition) is 4. The summed E-state index contributed by atoms with van der Waals surface area (Å²) in [5.41, 5.74) is 0.757. The second-order valence-corrected chi connectivity index (χ2v) is 12.4. The minimum absolute atomic E-state index is 0.0537. The molecular formula is C33H33Cl2F2N3O3. The smallest absolute Gasteiger partial charge is 0.253 e. The summed E-state index contributed by atoms with van der Waals surface area (Å²) in [5, 5.41) is 0.850. The Morgan fingerprint density at radius 1 is 0.814 bits per heavy atom. The topological polar surface area (TPSA) is 53.1 Å². The molecule has 0 N–H and O–H groups in total. The van der Waals surface area contributed by atoms with Crippen molar-refractivity contribution in [3.8, 4) is 0 Å². The van der Waals surface area contributed by atoms with Crippen LogP contribution in [0.1, 0.15) is 43.2 Å². The Kier molecular flexibility index (Phi) is 8.48. The first-order chi connectivity index (χ1) is 20.7. The number of halogens is 4. The van der Waals surface area contributed by atoms with Crippen LogP contribution in [0.25, 0.3) is 0 Å². The number of para-hydroxylation sites is 1. The van der Waals surface area contributed by atoms with E-state index in [4.69, 9.17) is 27.9 Å². The van der Waals surface area contributed by atoms with Crippen LogP contribution in [0.2, 0.25) is 10.0 Å². The number of amides is 2. The summed E-state index contributed by atoms with van der Waals surface area (Å²) in [5.74, 6) is -1.86. The average molecular weight is 629 g/mol. The van der Waals surface area contributed by atoms with Crippen molar-refractivity contribution < 1.29 is 23.1 Å². The zero-order valence-corrected chi connectivity index (χ0v) is 25.2. The van der Waals surface area contributed by atoms with E-state index in [1.165, 1.54) is 6.07 Å². The molecule has 6 nitrogen and oxygen atoms in total. The molecule has 1 unspecified atom stereocenters. The zero-order chi connectivity index (χ0) is 30.2. The molecule has 3 aliphatic rings. The van der Waals surface area contributed by atoms with E-state index < -0.39 is 22.8 Å². The Morgan fingerprint density at radius 3 is 2.23 bits per heavy atom. The molecule has 3 aromatic carbocycles. The van der Waals surface area contributed by atoms with Gasteiger partial charge in [-0.25, -0.2) is 8.78 Å². The standard InChI is InChI=1S/C33H33Cl2F2N3O3/c34-26-10-8-24(19-27(26)35)33(22-39(31(42)21-43-33)25-5-2-1-3-6-25)14-18-38-16-12-32(13-17-38,40-15-4-7-30(40)41)23-9-11-28(36)29(37)20-23/h1-3,5-6,8-11,19-20H,4,7,12-18,21-22H2. The molecule has 226 valence electrons. The number of hydrogen-bond donors (Lipinski definition) is 0. The van der Waals surface area contributed by atoms with Gasteiger partial charge >= 0.3 is 0 Å². The highest BCUT2D eigenvalue weighted by atomic mass is 35.5. The molecule has 3 aliphatic heterocycles. The summed E-state index contributed by atoms with van der Waals surface area (Å²) in [6, 6.07) is 19.0. The summed E-state index contributed by atoms with van der Waals surface area (Å²) < 4.78 is 34.6. The maximum Gasteiger partial charge on any atom is 0.253 e. The Balaban J connectivity index is 1.25. The van der Waals surface area contributed by atoms with E-state index in [-0.39, 0.29) is 18.4 Å². The highest BCUT2D eigenvalue weighted by Gasteiger charge is 2.47. The number of morpholine rings is 1. The van der Waals surface area contributed by atoms with Gasteiger partial charge in [-0.1, -0.05) is 53.5 Å². The molecule has 0 aliphatic carbocycles. The lowest BCUT2D eigenvalue weighted by Gasteiger charge is -2.49. The third kappa shape index (κ3) is 5.78. The van der Waals surface area contributed by atoms with Gasteiger partial charge in [-0.3, -0.25) is 9.59 Å². The van der Waals surface area contributed by atoms with Gasteiger partial charge in [0.25, 0.3) is 5.91 Å². The van der Waals surface area contributed by atoms with Crippen molar-refractivity contribution in [3.05, 3.63) is 99.5 Å². The zero-order valence-electron chi connectivity index (χ0n) is 23.7. The Bertz CT molecular complexity index is 1520. The van der Waals surface area contributed by atoms with Crippen molar-refractivity contribution in [3.63, 3.8) is 0 Å². The minimum atomic E-state index is -0.901. The lowest BCUT2D eigenvalue weighted by Crippen LogP contribution is -2.56. The number of likely N-dealkylation sites (tertiary alicyclic amines) is 2. The molecule has 1 atom stereocenters.